The predicted octanol–water partition coefficient (Wildman–Crippen LogP) is 4.09. The summed E-state index contributed by atoms with van der Waals surface area (Å²) in [6, 6.07) is 11.8. The Labute approximate surface area is 136 Å². The average Bonchev–Trinajstić information content (AvgIpc) is 2.55. The SMILES string of the molecule is CCC(NC(=O)COc1ccc(F)cc1)c1ccc(C)c(C)c1. The summed E-state index contributed by atoms with van der Waals surface area (Å²) in [4.78, 5) is 12.1. The Balaban J connectivity index is 1.94. The van der Waals surface area contributed by atoms with Crippen molar-refractivity contribution in [1.29, 1.82) is 0 Å². The van der Waals surface area contributed by atoms with Gasteiger partial charge in [-0.25, -0.2) is 4.39 Å². The van der Waals surface area contributed by atoms with Gasteiger partial charge < -0.3 is 10.1 Å². The van der Waals surface area contributed by atoms with Crippen LogP contribution in [-0.4, -0.2) is 12.5 Å². The summed E-state index contributed by atoms with van der Waals surface area (Å²) < 4.78 is 18.2. The van der Waals surface area contributed by atoms with Crippen LogP contribution in [0.2, 0.25) is 0 Å². The van der Waals surface area contributed by atoms with Crippen LogP contribution in [0.4, 0.5) is 4.39 Å². The molecule has 0 saturated carbocycles. The predicted molar refractivity (Wildman–Crippen MR) is 89.0 cm³/mol. The second-order valence-corrected chi connectivity index (χ2v) is 5.61. The molecule has 3 nitrogen and oxygen atoms in total. The standard InChI is InChI=1S/C19H22FNO2/c1-4-18(15-6-5-13(2)14(3)11-15)21-19(22)12-23-17-9-7-16(20)8-10-17/h5-11,18H,4,12H2,1-3H3,(H,21,22). The summed E-state index contributed by atoms with van der Waals surface area (Å²) in [5.41, 5.74) is 3.53. The zero-order chi connectivity index (χ0) is 16.8. The molecule has 0 heterocycles. The Bertz CT molecular complexity index is 668. The summed E-state index contributed by atoms with van der Waals surface area (Å²) in [5.74, 6) is -0.0530. The lowest BCUT2D eigenvalue weighted by atomic mass is 9.99. The lowest BCUT2D eigenvalue weighted by Crippen LogP contribution is -2.32. The van der Waals surface area contributed by atoms with Crippen molar-refractivity contribution >= 4 is 5.91 Å². The number of ether oxygens (including phenoxy) is 1. The average molecular weight is 315 g/mol. The van der Waals surface area contributed by atoms with E-state index in [0.29, 0.717) is 5.75 Å². The molecule has 0 aliphatic heterocycles. The molecule has 2 aromatic rings. The van der Waals surface area contributed by atoms with E-state index in [9.17, 15) is 9.18 Å². The van der Waals surface area contributed by atoms with Gasteiger partial charge in [-0.2, -0.15) is 0 Å². The van der Waals surface area contributed by atoms with Gasteiger partial charge in [0.25, 0.3) is 5.91 Å². The first-order chi connectivity index (χ1) is 11.0. The topological polar surface area (TPSA) is 38.3 Å². The smallest absolute Gasteiger partial charge is 0.258 e. The molecule has 0 aromatic heterocycles. The minimum Gasteiger partial charge on any atom is -0.484 e. The van der Waals surface area contributed by atoms with Crippen molar-refractivity contribution in [1.82, 2.24) is 5.32 Å². The quantitative estimate of drug-likeness (QED) is 0.872. The molecule has 0 bridgehead atoms. The van der Waals surface area contributed by atoms with Crippen molar-refractivity contribution in [2.75, 3.05) is 6.61 Å². The summed E-state index contributed by atoms with van der Waals surface area (Å²) >= 11 is 0. The lowest BCUT2D eigenvalue weighted by Gasteiger charge is -2.19. The number of benzene rings is 2. The van der Waals surface area contributed by atoms with Gasteiger partial charge in [-0.1, -0.05) is 25.1 Å². The number of rotatable bonds is 6. The van der Waals surface area contributed by atoms with Gasteiger partial charge in [0.1, 0.15) is 11.6 Å². The summed E-state index contributed by atoms with van der Waals surface area (Å²) in [6.07, 6.45) is 0.796. The van der Waals surface area contributed by atoms with Crippen molar-refractivity contribution in [3.63, 3.8) is 0 Å². The van der Waals surface area contributed by atoms with Crippen LogP contribution in [0.5, 0.6) is 5.75 Å². The van der Waals surface area contributed by atoms with E-state index in [-0.39, 0.29) is 24.4 Å². The van der Waals surface area contributed by atoms with Crippen molar-refractivity contribution in [2.24, 2.45) is 0 Å². The molecular weight excluding hydrogens is 293 g/mol. The highest BCUT2D eigenvalue weighted by molar-refractivity contribution is 5.78. The largest absolute Gasteiger partial charge is 0.484 e. The molecule has 0 aliphatic carbocycles. The molecule has 1 N–H and O–H groups in total. The monoisotopic (exact) mass is 315 g/mol. The van der Waals surface area contributed by atoms with Crippen LogP contribution in [0, 0.1) is 19.7 Å². The van der Waals surface area contributed by atoms with Gasteiger partial charge >= 0.3 is 0 Å². The minimum atomic E-state index is -0.331. The van der Waals surface area contributed by atoms with Crippen molar-refractivity contribution in [3.8, 4) is 5.75 Å². The Morgan fingerprint density at radius 1 is 1.13 bits per heavy atom. The number of hydrogen-bond donors (Lipinski definition) is 1. The normalized spacial score (nSPS) is 11.8. The van der Waals surface area contributed by atoms with Gasteiger partial charge in [0.05, 0.1) is 6.04 Å². The van der Waals surface area contributed by atoms with E-state index in [1.165, 1.54) is 35.4 Å². The highest BCUT2D eigenvalue weighted by Gasteiger charge is 2.13. The Morgan fingerprint density at radius 3 is 2.43 bits per heavy atom. The van der Waals surface area contributed by atoms with E-state index >= 15 is 0 Å². The van der Waals surface area contributed by atoms with E-state index in [4.69, 9.17) is 4.74 Å². The number of halogens is 1. The zero-order valence-electron chi connectivity index (χ0n) is 13.7. The molecule has 2 aromatic carbocycles. The second kappa shape index (κ2) is 7.77. The third-order valence-corrected chi connectivity index (χ3v) is 3.86. The summed E-state index contributed by atoms with van der Waals surface area (Å²) in [7, 11) is 0. The van der Waals surface area contributed by atoms with Gasteiger partial charge in [0.2, 0.25) is 0 Å². The van der Waals surface area contributed by atoms with Crippen LogP contribution in [0.25, 0.3) is 0 Å². The molecule has 1 atom stereocenters. The molecule has 122 valence electrons. The first-order valence-corrected chi connectivity index (χ1v) is 7.74. The van der Waals surface area contributed by atoms with Crippen LogP contribution in [0.15, 0.2) is 42.5 Å². The molecule has 4 heteroatoms. The maximum Gasteiger partial charge on any atom is 0.258 e. The number of nitrogens with one attached hydrogen (secondary N) is 1. The molecule has 0 saturated heterocycles. The third-order valence-electron chi connectivity index (χ3n) is 3.86. The fourth-order valence-corrected chi connectivity index (χ4v) is 2.32. The van der Waals surface area contributed by atoms with Gasteiger partial charge in [0, 0.05) is 0 Å². The van der Waals surface area contributed by atoms with Gasteiger partial charge in [-0.15, -0.1) is 0 Å². The molecule has 0 radical (unpaired) electrons. The fourth-order valence-electron chi connectivity index (χ4n) is 2.32. The number of amides is 1. The Hall–Kier alpha value is -2.36. The van der Waals surface area contributed by atoms with Crippen LogP contribution < -0.4 is 10.1 Å². The summed E-state index contributed by atoms with van der Waals surface area (Å²) in [6.45, 7) is 6.06. The van der Waals surface area contributed by atoms with Gasteiger partial charge in [-0.05, 0) is 61.2 Å². The van der Waals surface area contributed by atoms with Crippen LogP contribution in [0.1, 0.15) is 36.1 Å². The van der Waals surface area contributed by atoms with E-state index in [0.717, 1.165) is 12.0 Å². The maximum atomic E-state index is 12.8. The Morgan fingerprint density at radius 2 is 1.83 bits per heavy atom. The van der Waals surface area contributed by atoms with Crippen LogP contribution in [0.3, 0.4) is 0 Å². The number of carbonyl (C=O) groups excluding carboxylic acids is 1. The minimum absolute atomic E-state index is 0.0429. The van der Waals surface area contributed by atoms with Gasteiger partial charge in [-0.3, -0.25) is 4.79 Å². The molecular formula is C19H22FNO2. The molecule has 1 amide bonds. The molecule has 23 heavy (non-hydrogen) atoms. The van der Waals surface area contributed by atoms with E-state index in [2.05, 4.69) is 31.3 Å². The van der Waals surface area contributed by atoms with E-state index in [1.54, 1.807) is 0 Å². The molecule has 0 fully saturated rings. The highest BCUT2D eigenvalue weighted by Crippen LogP contribution is 2.20. The summed E-state index contributed by atoms with van der Waals surface area (Å²) in [5, 5.41) is 2.97. The van der Waals surface area contributed by atoms with E-state index in [1.807, 2.05) is 13.0 Å². The highest BCUT2D eigenvalue weighted by atomic mass is 19.1. The van der Waals surface area contributed by atoms with Crippen molar-refractivity contribution < 1.29 is 13.9 Å². The number of aryl methyl sites for hydroxylation is 2. The third kappa shape index (κ3) is 4.81. The first-order valence-electron chi connectivity index (χ1n) is 7.74. The van der Waals surface area contributed by atoms with Gasteiger partial charge in [0.15, 0.2) is 6.61 Å². The second-order valence-electron chi connectivity index (χ2n) is 5.61. The maximum absolute atomic E-state index is 12.8. The number of hydrogen-bond acceptors (Lipinski definition) is 2. The van der Waals surface area contributed by atoms with Crippen molar-refractivity contribution in [2.45, 2.75) is 33.2 Å². The number of carbonyl (C=O) groups is 1. The van der Waals surface area contributed by atoms with E-state index < -0.39 is 0 Å². The zero-order valence-corrected chi connectivity index (χ0v) is 13.7. The molecule has 2 rings (SSSR count). The molecule has 0 aliphatic rings. The molecule has 0 spiro atoms. The lowest BCUT2D eigenvalue weighted by molar-refractivity contribution is -0.123. The fraction of sp³-hybridized carbons (Fsp3) is 0.316. The first kappa shape index (κ1) is 17.0. The van der Waals surface area contributed by atoms with Crippen molar-refractivity contribution in [3.05, 3.63) is 65.0 Å². The van der Waals surface area contributed by atoms with Crippen LogP contribution in [-0.2, 0) is 4.79 Å². The van der Waals surface area contributed by atoms with Crippen LogP contribution >= 0.6 is 0 Å². The molecule has 1 unspecified atom stereocenters. The Kier molecular flexibility index (Phi) is 5.74.